The third-order valence-electron chi connectivity index (χ3n) is 7.27. The van der Waals surface area contributed by atoms with Gasteiger partial charge in [0.05, 0.1) is 0 Å². The summed E-state index contributed by atoms with van der Waals surface area (Å²) in [4.78, 5) is 31.8. The lowest BCUT2D eigenvalue weighted by molar-refractivity contribution is -0.118. The zero-order chi connectivity index (χ0) is 26.3. The van der Waals surface area contributed by atoms with E-state index in [0.717, 1.165) is 35.0 Å². The van der Waals surface area contributed by atoms with Gasteiger partial charge in [-0.25, -0.2) is 4.79 Å². The zero-order valence-corrected chi connectivity index (χ0v) is 21.7. The Morgan fingerprint density at radius 3 is 2.47 bits per heavy atom. The standard InChI is InChI=1S/C31H34N4O3/c1-35-16-8-13-26(35)18-24-20-32-28-15-14-25(19-27(24)28)33-30(36)29(17-22-9-4-2-5-10-22)34-31(37)38-21-23-11-6-3-7-12-23/h2-7,9-12,14-15,19-20,26,29,32H,8,13,16-18,21H2,1H3,(H,33,36)(H,34,37)/t26-,29+/m1/s1. The number of rotatable bonds is 9. The van der Waals surface area contributed by atoms with Gasteiger partial charge in [0.15, 0.2) is 0 Å². The maximum absolute atomic E-state index is 13.4. The summed E-state index contributed by atoms with van der Waals surface area (Å²) < 4.78 is 5.39. The second-order valence-corrected chi connectivity index (χ2v) is 9.99. The molecule has 0 unspecified atom stereocenters. The second-order valence-electron chi connectivity index (χ2n) is 9.99. The summed E-state index contributed by atoms with van der Waals surface area (Å²) in [5.41, 5.74) is 4.81. The van der Waals surface area contributed by atoms with Gasteiger partial charge in [0.2, 0.25) is 5.91 Å². The Morgan fingerprint density at radius 1 is 1.03 bits per heavy atom. The predicted molar refractivity (Wildman–Crippen MR) is 150 cm³/mol. The quantitative estimate of drug-likeness (QED) is 0.286. The number of aromatic amines is 1. The van der Waals surface area contributed by atoms with E-state index in [0.29, 0.717) is 18.2 Å². The van der Waals surface area contributed by atoms with Crippen LogP contribution in [-0.2, 0) is 29.0 Å². The van der Waals surface area contributed by atoms with Gasteiger partial charge in [0.25, 0.3) is 0 Å². The van der Waals surface area contributed by atoms with Crippen molar-refractivity contribution >= 4 is 28.6 Å². The molecule has 7 heteroatoms. The summed E-state index contributed by atoms with van der Waals surface area (Å²) in [5.74, 6) is -0.294. The molecule has 1 aliphatic rings. The lowest BCUT2D eigenvalue weighted by Gasteiger charge is -2.19. The molecular weight excluding hydrogens is 476 g/mol. The fourth-order valence-electron chi connectivity index (χ4n) is 5.11. The van der Waals surface area contributed by atoms with Gasteiger partial charge < -0.3 is 25.3 Å². The molecule has 1 aromatic heterocycles. The van der Waals surface area contributed by atoms with Crippen LogP contribution in [0.1, 0.15) is 29.5 Å². The Labute approximate surface area is 223 Å². The molecular formula is C31H34N4O3. The van der Waals surface area contributed by atoms with Crippen molar-refractivity contribution in [2.24, 2.45) is 0 Å². The Balaban J connectivity index is 1.29. The van der Waals surface area contributed by atoms with Crippen molar-refractivity contribution in [1.29, 1.82) is 0 Å². The Hall–Kier alpha value is -4.10. The molecule has 2 heterocycles. The first-order chi connectivity index (χ1) is 18.5. The van der Waals surface area contributed by atoms with E-state index in [1.165, 1.54) is 18.4 Å². The zero-order valence-electron chi connectivity index (χ0n) is 21.7. The summed E-state index contributed by atoms with van der Waals surface area (Å²) in [7, 11) is 2.18. The van der Waals surface area contributed by atoms with Crippen molar-refractivity contribution in [3.8, 4) is 0 Å². The molecule has 2 atom stereocenters. The molecule has 0 spiro atoms. The fraction of sp³-hybridized carbons (Fsp3) is 0.290. The summed E-state index contributed by atoms with van der Waals surface area (Å²) in [6.07, 6.45) is 5.19. The molecule has 1 fully saturated rings. The number of likely N-dealkylation sites (tertiary alicyclic amines) is 1. The Bertz CT molecular complexity index is 1370. The first-order valence-electron chi connectivity index (χ1n) is 13.2. The maximum Gasteiger partial charge on any atom is 0.408 e. The Morgan fingerprint density at radius 2 is 1.76 bits per heavy atom. The van der Waals surface area contributed by atoms with Gasteiger partial charge in [0, 0.05) is 35.2 Å². The molecule has 1 saturated heterocycles. The van der Waals surface area contributed by atoms with Crippen LogP contribution in [0.5, 0.6) is 0 Å². The van der Waals surface area contributed by atoms with Crippen LogP contribution in [0.25, 0.3) is 10.9 Å². The van der Waals surface area contributed by atoms with Crippen molar-refractivity contribution < 1.29 is 14.3 Å². The minimum atomic E-state index is -0.797. The van der Waals surface area contributed by atoms with Gasteiger partial charge in [-0.05, 0) is 67.7 Å². The van der Waals surface area contributed by atoms with Crippen molar-refractivity contribution in [3.63, 3.8) is 0 Å². The minimum Gasteiger partial charge on any atom is -0.445 e. The number of hydrogen-bond acceptors (Lipinski definition) is 4. The van der Waals surface area contributed by atoms with Crippen LogP contribution in [0, 0.1) is 0 Å². The average molecular weight is 511 g/mol. The highest BCUT2D eigenvalue weighted by atomic mass is 16.5. The molecule has 3 aromatic carbocycles. The Kier molecular flexibility index (Phi) is 8.04. The molecule has 4 aromatic rings. The summed E-state index contributed by atoms with van der Waals surface area (Å²) >= 11 is 0. The average Bonchev–Trinajstić information content (AvgIpc) is 3.53. The van der Waals surface area contributed by atoms with Crippen molar-refractivity contribution in [3.05, 3.63) is 102 Å². The van der Waals surface area contributed by atoms with Crippen LogP contribution in [-0.4, -0.2) is 47.6 Å². The number of alkyl carbamates (subject to hydrolysis) is 1. The lowest BCUT2D eigenvalue weighted by Crippen LogP contribution is -2.45. The van der Waals surface area contributed by atoms with Gasteiger partial charge >= 0.3 is 6.09 Å². The predicted octanol–water partition coefficient (Wildman–Crippen LogP) is 5.28. The van der Waals surface area contributed by atoms with Crippen LogP contribution >= 0.6 is 0 Å². The number of carbonyl (C=O) groups excluding carboxylic acids is 2. The van der Waals surface area contributed by atoms with Crippen molar-refractivity contribution in [2.45, 2.75) is 44.4 Å². The van der Waals surface area contributed by atoms with Crippen LogP contribution in [0.2, 0.25) is 0 Å². The molecule has 0 aliphatic carbocycles. The van der Waals surface area contributed by atoms with Crippen LogP contribution in [0.15, 0.2) is 85.1 Å². The first kappa shape index (κ1) is 25.5. The molecule has 0 saturated carbocycles. The van der Waals surface area contributed by atoms with Crippen LogP contribution in [0.3, 0.4) is 0 Å². The number of nitrogens with one attached hydrogen (secondary N) is 3. The number of aromatic nitrogens is 1. The highest BCUT2D eigenvalue weighted by Crippen LogP contribution is 2.27. The monoisotopic (exact) mass is 510 g/mol. The van der Waals surface area contributed by atoms with Crippen molar-refractivity contribution in [2.75, 3.05) is 18.9 Å². The minimum absolute atomic E-state index is 0.134. The van der Waals surface area contributed by atoms with E-state index in [-0.39, 0.29) is 12.5 Å². The van der Waals surface area contributed by atoms with E-state index in [1.54, 1.807) is 0 Å². The first-order valence-corrected chi connectivity index (χ1v) is 13.2. The van der Waals surface area contributed by atoms with E-state index in [1.807, 2.05) is 78.9 Å². The van der Waals surface area contributed by atoms with Gasteiger partial charge in [0.1, 0.15) is 12.6 Å². The molecule has 5 rings (SSSR count). The molecule has 0 bridgehead atoms. The van der Waals surface area contributed by atoms with Gasteiger partial charge in [-0.3, -0.25) is 4.79 Å². The molecule has 1 aliphatic heterocycles. The van der Waals surface area contributed by atoms with E-state index < -0.39 is 12.1 Å². The number of benzene rings is 3. The second kappa shape index (κ2) is 12.0. The summed E-state index contributed by atoms with van der Waals surface area (Å²) in [6.45, 7) is 1.27. The normalized spacial score (nSPS) is 16.3. The number of fused-ring (bicyclic) bond motifs is 1. The van der Waals surface area contributed by atoms with E-state index >= 15 is 0 Å². The largest absolute Gasteiger partial charge is 0.445 e. The summed E-state index contributed by atoms with van der Waals surface area (Å²) in [6, 6.07) is 24.7. The van der Waals surface area contributed by atoms with Crippen molar-refractivity contribution in [1.82, 2.24) is 15.2 Å². The maximum atomic E-state index is 13.4. The number of hydrogen-bond donors (Lipinski definition) is 3. The van der Waals surface area contributed by atoms with Gasteiger partial charge in [-0.1, -0.05) is 60.7 Å². The molecule has 3 N–H and O–H groups in total. The highest BCUT2D eigenvalue weighted by molar-refractivity contribution is 5.98. The number of ether oxygens (including phenoxy) is 1. The number of anilines is 1. The number of H-pyrrole nitrogens is 1. The third-order valence-corrected chi connectivity index (χ3v) is 7.27. The summed E-state index contributed by atoms with van der Waals surface area (Å²) in [5, 5.41) is 6.90. The number of amides is 2. The molecule has 38 heavy (non-hydrogen) atoms. The van der Waals surface area contributed by atoms with E-state index in [2.05, 4.69) is 33.8 Å². The molecule has 196 valence electrons. The molecule has 7 nitrogen and oxygen atoms in total. The smallest absolute Gasteiger partial charge is 0.408 e. The van der Waals surface area contributed by atoms with Gasteiger partial charge in [-0.15, -0.1) is 0 Å². The third kappa shape index (κ3) is 6.42. The molecule has 2 amide bonds. The topological polar surface area (TPSA) is 86.5 Å². The van der Waals surface area contributed by atoms with E-state index in [9.17, 15) is 9.59 Å². The SMILES string of the molecule is CN1CCC[C@@H]1Cc1c[nH]c2ccc(NC(=O)[C@H](Cc3ccccc3)NC(=O)OCc3ccccc3)cc12. The fourth-order valence-corrected chi connectivity index (χ4v) is 5.11. The number of likely N-dealkylation sites (N-methyl/N-ethyl adjacent to an activating group) is 1. The number of nitrogens with zero attached hydrogens (tertiary/aromatic N) is 1. The number of carbonyl (C=O) groups is 2. The van der Waals surface area contributed by atoms with Crippen LogP contribution in [0.4, 0.5) is 10.5 Å². The van der Waals surface area contributed by atoms with Gasteiger partial charge in [-0.2, -0.15) is 0 Å². The van der Waals surface area contributed by atoms with Crippen LogP contribution < -0.4 is 10.6 Å². The highest BCUT2D eigenvalue weighted by Gasteiger charge is 2.24. The molecule has 0 radical (unpaired) electrons. The van der Waals surface area contributed by atoms with E-state index in [4.69, 9.17) is 4.74 Å². The lowest BCUT2D eigenvalue weighted by atomic mass is 10.0.